The second-order valence-corrected chi connectivity index (χ2v) is 8.36. The SMILES string of the molecule is CCC1C2(c3ccccc3)OC(=N)C1(C#N)C(C#N)(C#N)C(c1ccc(N(C)C)cc1)O2. The summed E-state index contributed by atoms with van der Waals surface area (Å²) >= 11 is 0. The van der Waals surface area contributed by atoms with Gasteiger partial charge in [-0.05, 0) is 24.1 Å². The summed E-state index contributed by atoms with van der Waals surface area (Å²) in [6.45, 7) is 1.85. The van der Waals surface area contributed by atoms with Crippen molar-refractivity contribution in [1.82, 2.24) is 0 Å². The van der Waals surface area contributed by atoms with Gasteiger partial charge in [-0.2, -0.15) is 15.8 Å². The second kappa shape index (κ2) is 7.38. The zero-order chi connectivity index (χ0) is 23.1. The smallest absolute Gasteiger partial charge is 0.244 e. The summed E-state index contributed by atoms with van der Waals surface area (Å²) in [5.74, 6) is -2.57. The van der Waals surface area contributed by atoms with Crippen LogP contribution in [0.3, 0.4) is 0 Å². The number of benzene rings is 2. The summed E-state index contributed by atoms with van der Waals surface area (Å²) < 4.78 is 12.6. The Morgan fingerprint density at radius 3 is 2.09 bits per heavy atom. The molecule has 0 aliphatic carbocycles. The Kier molecular flexibility index (Phi) is 4.93. The highest BCUT2D eigenvalue weighted by atomic mass is 16.7. The van der Waals surface area contributed by atoms with Crippen molar-refractivity contribution in [2.24, 2.45) is 16.7 Å². The zero-order valence-electron chi connectivity index (χ0n) is 18.2. The van der Waals surface area contributed by atoms with E-state index >= 15 is 0 Å². The first-order chi connectivity index (χ1) is 15.4. The van der Waals surface area contributed by atoms with Crippen molar-refractivity contribution in [2.45, 2.75) is 25.2 Å². The van der Waals surface area contributed by atoms with Gasteiger partial charge < -0.3 is 14.4 Å². The Morgan fingerprint density at radius 2 is 1.59 bits per heavy atom. The first kappa shape index (κ1) is 21.4. The fourth-order valence-electron chi connectivity index (χ4n) is 5.15. The standard InChI is InChI=1S/C25H23N5O2/c1-4-20-24(16-28)22(29)32-25(20,18-8-6-5-7-9-18)31-21(23(24,14-26)15-27)17-10-12-19(13-11-17)30(2)3/h5-13,20-21,29H,4H2,1-3H3. The number of nitrogens with zero attached hydrogens (tertiary/aromatic N) is 4. The largest absolute Gasteiger partial charge is 0.443 e. The molecule has 0 aromatic heterocycles. The van der Waals surface area contributed by atoms with Crippen molar-refractivity contribution in [2.75, 3.05) is 19.0 Å². The highest BCUT2D eigenvalue weighted by molar-refractivity contribution is 5.89. The van der Waals surface area contributed by atoms with Gasteiger partial charge in [0.25, 0.3) is 0 Å². The first-order valence-corrected chi connectivity index (χ1v) is 10.4. The van der Waals surface area contributed by atoms with Gasteiger partial charge in [-0.15, -0.1) is 0 Å². The normalized spacial score (nSPS) is 29.8. The lowest BCUT2D eigenvalue weighted by atomic mass is 9.52. The van der Waals surface area contributed by atoms with Crippen LogP contribution in [0.25, 0.3) is 0 Å². The molecule has 0 saturated carbocycles. The van der Waals surface area contributed by atoms with Gasteiger partial charge in [0.15, 0.2) is 5.41 Å². The van der Waals surface area contributed by atoms with E-state index in [9.17, 15) is 15.8 Å². The van der Waals surface area contributed by atoms with Crippen molar-refractivity contribution in [1.29, 1.82) is 21.2 Å². The van der Waals surface area contributed by atoms with Gasteiger partial charge in [0.2, 0.25) is 17.1 Å². The summed E-state index contributed by atoms with van der Waals surface area (Å²) in [5, 5.41) is 39.9. The number of fused-ring (bicyclic) bond motifs is 2. The molecule has 1 N–H and O–H groups in total. The van der Waals surface area contributed by atoms with Crippen LogP contribution in [0.4, 0.5) is 5.69 Å². The number of rotatable bonds is 4. The number of hydrogen-bond acceptors (Lipinski definition) is 7. The van der Waals surface area contributed by atoms with Gasteiger partial charge in [0.05, 0.1) is 24.1 Å². The molecular weight excluding hydrogens is 402 g/mol. The van der Waals surface area contributed by atoms with Crippen LogP contribution < -0.4 is 4.90 Å². The summed E-state index contributed by atoms with van der Waals surface area (Å²) in [6.07, 6.45) is -0.721. The van der Waals surface area contributed by atoms with E-state index in [1.165, 1.54) is 0 Å². The minimum absolute atomic E-state index is 0.377. The zero-order valence-corrected chi connectivity index (χ0v) is 18.2. The molecule has 4 atom stereocenters. The van der Waals surface area contributed by atoms with E-state index in [1.807, 2.05) is 68.4 Å². The van der Waals surface area contributed by atoms with E-state index in [-0.39, 0.29) is 0 Å². The fraction of sp³-hybridized carbons (Fsp3) is 0.360. The monoisotopic (exact) mass is 425 g/mol. The molecular formula is C25H23N5O2. The van der Waals surface area contributed by atoms with Crippen LogP contribution in [-0.2, 0) is 15.3 Å². The van der Waals surface area contributed by atoms with Crippen LogP contribution in [0, 0.1) is 56.2 Å². The van der Waals surface area contributed by atoms with Crippen molar-refractivity contribution < 1.29 is 9.47 Å². The molecule has 2 fully saturated rings. The number of nitrogens with one attached hydrogen (secondary N) is 1. The maximum Gasteiger partial charge on any atom is 0.244 e. The van der Waals surface area contributed by atoms with E-state index < -0.39 is 34.5 Å². The Hall–Kier alpha value is -3.86. The average Bonchev–Trinajstić information content (AvgIpc) is 3.03. The van der Waals surface area contributed by atoms with E-state index in [4.69, 9.17) is 14.9 Å². The molecule has 2 aromatic rings. The maximum atomic E-state index is 10.4. The van der Waals surface area contributed by atoms with E-state index in [1.54, 1.807) is 12.1 Å². The predicted octanol–water partition coefficient (Wildman–Crippen LogP) is 4.25. The highest BCUT2D eigenvalue weighted by Crippen LogP contribution is 2.69. The van der Waals surface area contributed by atoms with Crippen LogP contribution in [0.1, 0.15) is 30.6 Å². The fourth-order valence-corrected chi connectivity index (χ4v) is 5.15. The summed E-state index contributed by atoms with van der Waals surface area (Å²) in [6, 6.07) is 22.9. The number of ether oxygens (including phenoxy) is 2. The minimum Gasteiger partial charge on any atom is -0.443 e. The van der Waals surface area contributed by atoms with Crippen LogP contribution in [0.15, 0.2) is 54.6 Å². The lowest BCUT2D eigenvalue weighted by Gasteiger charge is -2.49. The van der Waals surface area contributed by atoms with E-state index in [2.05, 4.69) is 18.2 Å². The number of hydrogen-bond donors (Lipinski definition) is 1. The molecule has 4 unspecified atom stereocenters. The van der Waals surface area contributed by atoms with E-state index in [0.717, 1.165) is 5.69 Å². The molecule has 7 heteroatoms. The Bertz CT molecular complexity index is 1160. The molecule has 2 aromatic carbocycles. The highest BCUT2D eigenvalue weighted by Gasteiger charge is 2.80. The lowest BCUT2D eigenvalue weighted by molar-refractivity contribution is -0.292. The van der Waals surface area contributed by atoms with Gasteiger partial charge in [0, 0.05) is 25.3 Å². The quantitative estimate of drug-likeness (QED) is 0.782. The van der Waals surface area contributed by atoms with Crippen LogP contribution >= 0.6 is 0 Å². The molecule has 2 heterocycles. The van der Waals surface area contributed by atoms with Crippen molar-refractivity contribution in [3.63, 3.8) is 0 Å². The molecule has 4 rings (SSSR count). The molecule has 0 amide bonds. The molecule has 32 heavy (non-hydrogen) atoms. The van der Waals surface area contributed by atoms with Gasteiger partial charge >= 0.3 is 0 Å². The Labute approximate surface area is 187 Å². The third-order valence-electron chi connectivity index (χ3n) is 6.73. The molecule has 0 radical (unpaired) electrons. The third-order valence-corrected chi connectivity index (χ3v) is 6.73. The number of anilines is 1. The van der Waals surface area contributed by atoms with E-state index in [0.29, 0.717) is 17.5 Å². The molecule has 160 valence electrons. The molecule has 0 spiro atoms. The van der Waals surface area contributed by atoms with Crippen LogP contribution in [0.2, 0.25) is 0 Å². The average molecular weight is 425 g/mol. The van der Waals surface area contributed by atoms with Crippen molar-refractivity contribution in [3.8, 4) is 18.2 Å². The van der Waals surface area contributed by atoms with Gasteiger partial charge in [0.1, 0.15) is 6.10 Å². The van der Waals surface area contributed by atoms with Gasteiger partial charge in [-0.1, -0.05) is 49.4 Å². The maximum absolute atomic E-state index is 10.4. The molecule has 2 aliphatic rings. The van der Waals surface area contributed by atoms with Crippen molar-refractivity contribution in [3.05, 3.63) is 65.7 Å². The van der Waals surface area contributed by atoms with Gasteiger partial charge in [-0.3, -0.25) is 5.41 Å². The first-order valence-electron chi connectivity index (χ1n) is 10.4. The van der Waals surface area contributed by atoms with Gasteiger partial charge in [-0.25, -0.2) is 0 Å². The molecule has 2 aliphatic heterocycles. The van der Waals surface area contributed by atoms with Crippen molar-refractivity contribution >= 4 is 11.6 Å². The molecule has 2 saturated heterocycles. The predicted molar refractivity (Wildman–Crippen MR) is 117 cm³/mol. The minimum atomic E-state index is -1.96. The second-order valence-electron chi connectivity index (χ2n) is 8.36. The summed E-state index contributed by atoms with van der Waals surface area (Å²) in [5.41, 5.74) is -1.59. The van der Waals surface area contributed by atoms with Crippen LogP contribution in [0.5, 0.6) is 0 Å². The topological polar surface area (TPSA) is 117 Å². The Morgan fingerprint density at radius 1 is 0.969 bits per heavy atom. The molecule has 2 bridgehead atoms. The Balaban J connectivity index is 2.02. The lowest BCUT2D eigenvalue weighted by Crippen LogP contribution is -2.58. The third kappa shape index (κ3) is 2.45. The number of nitriles is 3. The molecule has 7 nitrogen and oxygen atoms in total. The van der Waals surface area contributed by atoms with Crippen LogP contribution in [-0.4, -0.2) is 20.0 Å². The summed E-state index contributed by atoms with van der Waals surface area (Å²) in [7, 11) is 3.83. The summed E-state index contributed by atoms with van der Waals surface area (Å²) in [4.78, 5) is 1.94.